The summed E-state index contributed by atoms with van der Waals surface area (Å²) >= 11 is 0. The molecule has 0 spiro atoms. The average Bonchev–Trinajstić information content (AvgIpc) is 2.57. The summed E-state index contributed by atoms with van der Waals surface area (Å²) in [5.41, 5.74) is 9.35. The van der Waals surface area contributed by atoms with Gasteiger partial charge in [0.1, 0.15) is 0 Å². The van der Waals surface area contributed by atoms with E-state index in [1.165, 1.54) is 12.0 Å². The van der Waals surface area contributed by atoms with Crippen LogP contribution < -0.4 is 5.73 Å². The Hall–Kier alpha value is -1.15. The molecule has 0 bridgehead atoms. The van der Waals surface area contributed by atoms with Gasteiger partial charge in [-0.15, -0.1) is 0 Å². The van der Waals surface area contributed by atoms with Gasteiger partial charge in [-0.05, 0) is 37.8 Å². The molecule has 2 heteroatoms. The molecule has 1 aromatic rings. The topological polar surface area (TPSA) is 43.1 Å². The van der Waals surface area contributed by atoms with Crippen molar-refractivity contribution in [2.24, 2.45) is 11.7 Å². The van der Waals surface area contributed by atoms with Crippen LogP contribution in [0.5, 0.6) is 0 Å². The Bertz CT molecular complexity index is 439. The van der Waals surface area contributed by atoms with Gasteiger partial charge < -0.3 is 5.73 Å². The molecule has 0 amide bonds. The van der Waals surface area contributed by atoms with Crippen LogP contribution in [0.4, 0.5) is 0 Å². The van der Waals surface area contributed by atoms with Crippen LogP contribution in [0.3, 0.4) is 0 Å². The highest BCUT2D eigenvalue weighted by Gasteiger charge is 2.28. The zero-order chi connectivity index (χ0) is 13.1. The van der Waals surface area contributed by atoms with Crippen molar-refractivity contribution in [3.05, 3.63) is 34.9 Å². The number of carbonyl (C=O) groups excluding carboxylic acids is 1. The SMILES string of the molecule is Cc1cccc(C(=O)C2CCCCCC2N)c1C. The molecular formula is C16H23NO. The summed E-state index contributed by atoms with van der Waals surface area (Å²) in [5, 5.41) is 0. The van der Waals surface area contributed by atoms with Gasteiger partial charge in [0, 0.05) is 17.5 Å². The lowest BCUT2D eigenvalue weighted by Gasteiger charge is -2.21. The highest BCUT2D eigenvalue weighted by molar-refractivity contribution is 5.99. The molecule has 0 aliphatic heterocycles. The van der Waals surface area contributed by atoms with Gasteiger partial charge in [0.15, 0.2) is 5.78 Å². The van der Waals surface area contributed by atoms with Crippen molar-refractivity contribution >= 4 is 5.78 Å². The Labute approximate surface area is 110 Å². The maximum absolute atomic E-state index is 12.7. The Kier molecular flexibility index (Phi) is 4.18. The van der Waals surface area contributed by atoms with E-state index >= 15 is 0 Å². The van der Waals surface area contributed by atoms with E-state index in [0.717, 1.165) is 36.8 Å². The highest BCUT2D eigenvalue weighted by Crippen LogP contribution is 2.27. The monoisotopic (exact) mass is 245 g/mol. The normalized spacial score (nSPS) is 24.6. The Morgan fingerprint density at radius 3 is 2.67 bits per heavy atom. The van der Waals surface area contributed by atoms with E-state index in [1.54, 1.807) is 0 Å². The minimum absolute atomic E-state index is 0.0213. The third-order valence-corrected chi connectivity index (χ3v) is 4.28. The van der Waals surface area contributed by atoms with Crippen molar-refractivity contribution in [2.75, 3.05) is 0 Å². The van der Waals surface area contributed by atoms with Gasteiger partial charge in [-0.3, -0.25) is 4.79 Å². The van der Waals surface area contributed by atoms with Crippen LogP contribution in [0.25, 0.3) is 0 Å². The number of rotatable bonds is 2. The van der Waals surface area contributed by atoms with Crippen LogP contribution in [0.1, 0.15) is 53.6 Å². The molecule has 1 aromatic carbocycles. The number of ketones is 1. The Morgan fingerprint density at radius 1 is 1.17 bits per heavy atom. The first-order chi connectivity index (χ1) is 8.61. The molecule has 1 aliphatic carbocycles. The molecule has 98 valence electrons. The fourth-order valence-electron chi connectivity index (χ4n) is 2.88. The van der Waals surface area contributed by atoms with Crippen molar-refractivity contribution in [1.29, 1.82) is 0 Å². The molecule has 0 heterocycles. The van der Waals surface area contributed by atoms with E-state index in [4.69, 9.17) is 5.73 Å². The number of benzene rings is 1. The number of aryl methyl sites for hydroxylation is 1. The molecule has 1 aliphatic rings. The summed E-state index contributed by atoms with van der Waals surface area (Å²) in [7, 11) is 0. The summed E-state index contributed by atoms with van der Waals surface area (Å²) in [5.74, 6) is 0.276. The van der Waals surface area contributed by atoms with E-state index in [2.05, 4.69) is 13.0 Å². The van der Waals surface area contributed by atoms with Crippen molar-refractivity contribution in [2.45, 2.75) is 52.0 Å². The lowest BCUT2D eigenvalue weighted by atomic mass is 9.85. The summed E-state index contributed by atoms with van der Waals surface area (Å²) < 4.78 is 0. The van der Waals surface area contributed by atoms with Crippen molar-refractivity contribution in [1.82, 2.24) is 0 Å². The molecule has 1 saturated carbocycles. The van der Waals surface area contributed by atoms with Crippen molar-refractivity contribution < 1.29 is 4.79 Å². The number of hydrogen-bond acceptors (Lipinski definition) is 2. The second-order valence-electron chi connectivity index (χ2n) is 5.52. The van der Waals surface area contributed by atoms with Gasteiger partial charge in [0.25, 0.3) is 0 Å². The average molecular weight is 245 g/mol. The smallest absolute Gasteiger partial charge is 0.167 e. The van der Waals surface area contributed by atoms with E-state index in [9.17, 15) is 4.79 Å². The third kappa shape index (κ3) is 2.64. The van der Waals surface area contributed by atoms with Gasteiger partial charge in [0.2, 0.25) is 0 Å². The fourth-order valence-corrected chi connectivity index (χ4v) is 2.88. The van der Waals surface area contributed by atoms with Gasteiger partial charge in [0.05, 0.1) is 0 Å². The van der Waals surface area contributed by atoms with Gasteiger partial charge in [-0.2, -0.15) is 0 Å². The molecule has 0 radical (unpaired) electrons. The van der Waals surface area contributed by atoms with Crippen LogP contribution in [0.15, 0.2) is 18.2 Å². The second-order valence-corrected chi connectivity index (χ2v) is 5.52. The minimum Gasteiger partial charge on any atom is -0.327 e. The second kappa shape index (κ2) is 5.66. The number of carbonyl (C=O) groups is 1. The van der Waals surface area contributed by atoms with Crippen molar-refractivity contribution in [3.8, 4) is 0 Å². The summed E-state index contributed by atoms with van der Waals surface area (Å²) in [6, 6.07) is 6.01. The Balaban J connectivity index is 2.26. The summed E-state index contributed by atoms with van der Waals surface area (Å²) in [6.07, 6.45) is 5.45. The van der Waals surface area contributed by atoms with E-state index in [-0.39, 0.29) is 17.7 Å². The minimum atomic E-state index is 0.0213. The molecule has 18 heavy (non-hydrogen) atoms. The quantitative estimate of drug-likeness (QED) is 0.641. The third-order valence-electron chi connectivity index (χ3n) is 4.28. The molecular weight excluding hydrogens is 222 g/mol. The molecule has 2 atom stereocenters. The predicted octanol–water partition coefficient (Wildman–Crippen LogP) is 3.39. The number of hydrogen-bond donors (Lipinski definition) is 1. The van der Waals surface area contributed by atoms with Crippen LogP contribution >= 0.6 is 0 Å². The van der Waals surface area contributed by atoms with Gasteiger partial charge in [-0.25, -0.2) is 0 Å². The molecule has 0 saturated heterocycles. The lowest BCUT2D eigenvalue weighted by molar-refractivity contribution is 0.0894. The zero-order valence-corrected chi connectivity index (χ0v) is 11.4. The lowest BCUT2D eigenvalue weighted by Crippen LogP contribution is -2.35. The van der Waals surface area contributed by atoms with E-state index in [1.807, 2.05) is 19.1 Å². The van der Waals surface area contributed by atoms with Crippen LogP contribution in [-0.4, -0.2) is 11.8 Å². The largest absolute Gasteiger partial charge is 0.327 e. The fraction of sp³-hybridized carbons (Fsp3) is 0.562. The highest BCUT2D eigenvalue weighted by atomic mass is 16.1. The van der Waals surface area contributed by atoms with E-state index in [0.29, 0.717) is 0 Å². The molecule has 2 nitrogen and oxygen atoms in total. The Morgan fingerprint density at radius 2 is 1.89 bits per heavy atom. The summed E-state index contributed by atoms with van der Waals surface area (Å²) in [6.45, 7) is 4.09. The number of Topliss-reactive ketones (excluding diaryl/α,β-unsaturated/α-hetero) is 1. The molecule has 2 unspecified atom stereocenters. The maximum atomic E-state index is 12.7. The summed E-state index contributed by atoms with van der Waals surface area (Å²) in [4.78, 5) is 12.7. The maximum Gasteiger partial charge on any atom is 0.167 e. The van der Waals surface area contributed by atoms with E-state index < -0.39 is 0 Å². The molecule has 2 rings (SSSR count). The van der Waals surface area contributed by atoms with Gasteiger partial charge >= 0.3 is 0 Å². The van der Waals surface area contributed by atoms with Crippen LogP contribution in [0, 0.1) is 19.8 Å². The first-order valence-electron chi connectivity index (χ1n) is 6.97. The number of nitrogens with two attached hydrogens (primary N) is 1. The first-order valence-corrected chi connectivity index (χ1v) is 6.97. The van der Waals surface area contributed by atoms with Crippen molar-refractivity contribution in [3.63, 3.8) is 0 Å². The van der Waals surface area contributed by atoms with Crippen LogP contribution in [-0.2, 0) is 0 Å². The molecule has 0 aromatic heterocycles. The van der Waals surface area contributed by atoms with Crippen LogP contribution in [0.2, 0.25) is 0 Å². The molecule has 1 fully saturated rings. The first kappa shape index (κ1) is 13.3. The predicted molar refractivity (Wildman–Crippen MR) is 74.8 cm³/mol. The standard InChI is InChI=1S/C16H23NO/c1-11-7-6-9-13(12(11)2)16(18)14-8-4-3-5-10-15(14)17/h6-7,9,14-15H,3-5,8,10,17H2,1-2H3. The molecule has 2 N–H and O–H groups in total. The van der Waals surface area contributed by atoms with Gasteiger partial charge in [-0.1, -0.05) is 37.5 Å². The zero-order valence-electron chi connectivity index (χ0n) is 11.4.